The van der Waals surface area contributed by atoms with Crippen LogP contribution in [0.4, 0.5) is 5.13 Å². The zero-order chi connectivity index (χ0) is 12.5. The van der Waals surface area contributed by atoms with E-state index in [1.165, 1.54) is 18.0 Å². The largest absolute Gasteiger partial charge is 0.376 e. The Kier molecular flexibility index (Phi) is 3.68. The predicted octanol–water partition coefficient (Wildman–Crippen LogP) is 2.45. The quantitative estimate of drug-likeness (QED) is 0.831. The van der Waals surface area contributed by atoms with Gasteiger partial charge in [-0.3, -0.25) is 0 Å². The van der Waals surface area contributed by atoms with Crippen molar-refractivity contribution in [3.05, 3.63) is 5.82 Å². The zero-order valence-corrected chi connectivity index (χ0v) is 11.9. The van der Waals surface area contributed by atoms with Crippen molar-refractivity contribution in [2.45, 2.75) is 45.1 Å². The van der Waals surface area contributed by atoms with Crippen LogP contribution >= 0.6 is 11.5 Å². The van der Waals surface area contributed by atoms with Gasteiger partial charge in [-0.1, -0.05) is 20.8 Å². The van der Waals surface area contributed by atoms with E-state index < -0.39 is 0 Å². The lowest BCUT2D eigenvalue weighted by atomic mass is 9.96. The van der Waals surface area contributed by atoms with Gasteiger partial charge < -0.3 is 9.64 Å². The van der Waals surface area contributed by atoms with Crippen molar-refractivity contribution in [3.8, 4) is 0 Å². The van der Waals surface area contributed by atoms with Gasteiger partial charge in [0.25, 0.3) is 0 Å². The van der Waals surface area contributed by atoms with Crippen molar-refractivity contribution in [3.63, 3.8) is 0 Å². The van der Waals surface area contributed by atoms with Crippen LogP contribution in [0.2, 0.25) is 0 Å². The summed E-state index contributed by atoms with van der Waals surface area (Å²) in [5, 5.41) is 0.991. The van der Waals surface area contributed by atoms with Crippen LogP contribution in [-0.4, -0.2) is 35.7 Å². The molecule has 2 rings (SSSR count). The Morgan fingerprint density at radius 1 is 1.47 bits per heavy atom. The highest BCUT2D eigenvalue weighted by atomic mass is 32.1. The molecule has 96 valence electrons. The fourth-order valence-corrected chi connectivity index (χ4v) is 2.67. The molecule has 17 heavy (non-hydrogen) atoms. The maximum Gasteiger partial charge on any atom is 0.205 e. The standard InChI is InChI=1S/C12H21N3OS/c1-12(2,3)10-13-11(17-14-10)15(4)8-9-6-5-7-16-9/h9H,5-8H2,1-4H3. The lowest BCUT2D eigenvalue weighted by Gasteiger charge is -2.19. The summed E-state index contributed by atoms with van der Waals surface area (Å²) < 4.78 is 10.1. The molecule has 1 aliphatic heterocycles. The van der Waals surface area contributed by atoms with Gasteiger partial charge in [0, 0.05) is 37.1 Å². The smallest absolute Gasteiger partial charge is 0.205 e. The Morgan fingerprint density at radius 3 is 2.76 bits per heavy atom. The third-order valence-electron chi connectivity index (χ3n) is 2.91. The molecule has 0 radical (unpaired) electrons. The molecule has 1 unspecified atom stereocenters. The van der Waals surface area contributed by atoms with E-state index in [0.717, 1.165) is 30.5 Å². The van der Waals surface area contributed by atoms with Gasteiger partial charge in [-0.05, 0) is 12.8 Å². The van der Waals surface area contributed by atoms with E-state index >= 15 is 0 Å². The molecule has 0 N–H and O–H groups in total. The first kappa shape index (κ1) is 12.8. The fourth-order valence-electron chi connectivity index (χ4n) is 1.85. The maximum atomic E-state index is 5.63. The number of rotatable bonds is 3. The summed E-state index contributed by atoms with van der Waals surface area (Å²) in [5.74, 6) is 0.927. The molecular weight excluding hydrogens is 234 g/mol. The van der Waals surface area contributed by atoms with E-state index in [9.17, 15) is 0 Å². The summed E-state index contributed by atoms with van der Waals surface area (Å²) in [4.78, 5) is 6.76. The maximum absolute atomic E-state index is 5.63. The van der Waals surface area contributed by atoms with Gasteiger partial charge in [0.2, 0.25) is 5.13 Å². The second kappa shape index (κ2) is 4.90. The molecule has 1 aliphatic rings. The first-order valence-corrected chi connectivity index (χ1v) is 6.91. The predicted molar refractivity (Wildman–Crippen MR) is 70.9 cm³/mol. The highest BCUT2D eigenvalue weighted by molar-refractivity contribution is 7.09. The van der Waals surface area contributed by atoms with Crippen molar-refractivity contribution in [1.29, 1.82) is 0 Å². The van der Waals surface area contributed by atoms with Crippen LogP contribution in [0.25, 0.3) is 0 Å². The van der Waals surface area contributed by atoms with Crippen molar-refractivity contribution >= 4 is 16.7 Å². The molecule has 1 aromatic heterocycles. The minimum absolute atomic E-state index is 0.0272. The fraction of sp³-hybridized carbons (Fsp3) is 0.833. The second-order valence-corrected chi connectivity index (χ2v) is 6.40. The zero-order valence-electron chi connectivity index (χ0n) is 11.1. The number of hydrogen-bond acceptors (Lipinski definition) is 5. The van der Waals surface area contributed by atoms with Gasteiger partial charge in [-0.15, -0.1) is 0 Å². The van der Waals surface area contributed by atoms with Crippen LogP contribution in [-0.2, 0) is 10.2 Å². The molecule has 1 aromatic rings. The molecule has 0 aromatic carbocycles. The Bertz CT molecular complexity index is 366. The van der Waals surface area contributed by atoms with Crippen LogP contribution in [0.5, 0.6) is 0 Å². The van der Waals surface area contributed by atoms with Crippen molar-refractivity contribution < 1.29 is 4.74 Å². The van der Waals surface area contributed by atoms with Crippen LogP contribution < -0.4 is 4.90 Å². The van der Waals surface area contributed by atoms with E-state index in [0.29, 0.717) is 6.10 Å². The lowest BCUT2D eigenvalue weighted by Crippen LogP contribution is -2.28. The lowest BCUT2D eigenvalue weighted by molar-refractivity contribution is 0.116. The van der Waals surface area contributed by atoms with E-state index in [-0.39, 0.29) is 5.41 Å². The first-order chi connectivity index (χ1) is 7.97. The third-order valence-corrected chi connectivity index (χ3v) is 3.74. The Hall–Kier alpha value is -0.680. The third kappa shape index (κ3) is 3.16. The summed E-state index contributed by atoms with van der Waals surface area (Å²) in [6, 6.07) is 0. The van der Waals surface area contributed by atoms with E-state index in [4.69, 9.17) is 4.74 Å². The van der Waals surface area contributed by atoms with Crippen LogP contribution in [0.1, 0.15) is 39.4 Å². The van der Waals surface area contributed by atoms with E-state index in [1.54, 1.807) is 0 Å². The average Bonchev–Trinajstić information content (AvgIpc) is 2.85. The number of likely N-dealkylation sites (N-methyl/N-ethyl adjacent to an activating group) is 1. The van der Waals surface area contributed by atoms with E-state index in [1.807, 2.05) is 0 Å². The van der Waals surface area contributed by atoms with Crippen LogP contribution in [0, 0.1) is 0 Å². The van der Waals surface area contributed by atoms with Gasteiger partial charge in [-0.2, -0.15) is 4.37 Å². The molecule has 1 atom stereocenters. The molecule has 5 heteroatoms. The van der Waals surface area contributed by atoms with E-state index in [2.05, 4.69) is 42.1 Å². The van der Waals surface area contributed by atoms with Crippen molar-refractivity contribution in [2.24, 2.45) is 0 Å². The van der Waals surface area contributed by atoms with Gasteiger partial charge in [0.05, 0.1) is 6.10 Å². The van der Waals surface area contributed by atoms with Crippen molar-refractivity contribution in [2.75, 3.05) is 25.1 Å². The minimum atomic E-state index is 0.0272. The highest BCUT2D eigenvalue weighted by Gasteiger charge is 2.23. The Balaban J connectivity index is 1.99. The highest BCUT2D eigenvalue weighted by Crippen LogP contribution is 2.25. The summed E-state index contributed by atoms with van der Waals surface area (Å²) >= 11 is 1.48. The molecule has 1 fully saturated rings. The average molecular weight is 255 g/mol. The minimum Gasteiger partial charge on any atom is -0.376 e. The monoisotopic (exact) mass is 255 g/mol. The van der Waals surface area contributed by atoms with Gasteiger partial charge >= 0.3 is 0 Å². The molecular formula is C12H21N3OS. The molecule has 0 amide bonds. The van der Waals surface area contributed by atoms with Gasteiger partial charge in [-0.25, -0.2) is 4.98 Å². The number of aromatic nitrogens is 2. The normalized spacial score (nSPS) is 20.8. The summed E-state index contributed by atoms with van der Waals surface area (Å²) in [7, 11) is 2.06. The second-order valence-electron chi connectivity index (χ2n) is 5.67. The first-order valence-electron chi connectivity index (χ1n) is 6.14. The van der Waals surface area contributed by atoms with Crippen LogP contribution in [0.15, 0.2) is 0 Å². The molecule has 0 bridgehead atoms. The summed E-state index contributed by atoms with van der Waals surface area (Å²) in [6.07, 6.45) is 2.71. The topological polar surface area (TPSA) is 38.2 Å². The molecule has 0 saturated carbocycles. The molecule has 2 heterocycles. The SMILES string of the molecule is CN(CC1CCCO1)c1nc(C(C)(C)C)ns1. The summed E-state index contributed by atoms with van der Waals surface area (Å²) in [5.41, 5.74) is 0.0272. The number of anilines is 1. The van der Waals surface area contributed by atoms with Crippen LogP contribution in [0.3, 0.4) is 0 Å². The number of hydrogen-bond donors (Lipinski definition) is 0. The molecule has 1 saturated heterocycles. The van der Waals surface area contributed by atoms with Gasteiger partial charge in [0.15, 0.2) is 0 Å². The number of nitrogens with zero attached hydrogens (tertiary/aromatic N) is 3. The molecule has 4 nitrogen and oxygen atoms in total. The number of ether oxygens (including phenoxy) is 1. The summed E-state index contributed by atoms with van der Waals surface area (Å²) in [6.45, 7) is 8.23. The van der Waals surface area contributed by atoms with Gasteiger partial charge in [0.1, 0.15) is 5.82 Å². The molecule has 0 aliphatic carbocycles. The Labute approximate surface area is 107 Å². The van der Waals surface area contributed by atoms with Crippen molar-refractivity contribution in [1.82, 2.24) is 9.36 Å². The molecule has 0 spiro atoms. The Morgan fingerprint density at radius 2 is 2.24 bits per heavy atom.